The zero-order chi connectivity index (χ0) is 15.5. The lowest BCUT2D eigenvalue weighted by atomic mass is 10.0. The quantitative estimate of drug-likeness (QED) is 0.564. The second kappa shape index (κ2) is 10.8. The Morgan fingerprint density at radius 2 is 1.86 bits per heavy atom. The Balaban J connectivity index is 2.40. The summed E-state index contributed by atoms with van der Waals surface area (Å²) < 4.78 is 2.06. The lowest BCUT2D eigenvalue weighted by Gasteiger charge is -2.17. The second-order valence-electron chi connectivity index (χ2n) is 6.44. The van der Waals surface area contributed by atoms with Crippen LogP contribution in [-0.4, -0.2) is 22.4 Å². The Hall–Kier alpha value is -0.830. The number of hydrogen-bond acceptors (Lipinski definition) is 2. The third kappa shape index (κ3) is 7.66. The van der Waals surface area contributed by atoms with E-state index in [2.05, 4.69) is 50.0 Å². The van der Waals surface area contributed by atoms with Gasteiger partial charge in [-0.1, -0.05) is 46.0 Å². The molecule has 0 fully saturated rings. The summed E-state index contributed by atoms with van der Waals surface area (Å²) in [7, 11) is 0. The Kier molecular flexibility index (Phi) is 9.40. The van der Waals surface area contributed by atoms with E-state index in [1.165, 1.54) is 50.6 Å². The summed E-state index contributed by atoms with van der Waals surface area (Å²) in [6, 6.07) is 3.22. The Morgan fingerprint density at radius 3 is 2.48 bits per heavy atom. The molecule has 1 aromatic heterocycles. The van der Waals surface area contributed by atoms with Crippen LogP contribution in [0.1, 0.15) is 84.4 Å². The number of nitrogens with one attached hydrogen (secondary N) is 1. The zero-order valence-electron chi connectivity index (χ0n) is 14.6. The first kappa shape index (κ1) is 18.2. The number of rotatable bonds is 12. The predicted octanol–water partition coefficient (Wildman–Crippen LogP) is 4.74. The van der Waals surface area contributed by atoms with Crippen LogP contribution in [0, 0.1) is 0 Å². The molecule has 0 saturated carbocycles. The van der Waals surface area contributed by atoms with Crippen molar-refractivity contribution in [2.45, 2.75) is 91.1 Å². The van der Waals surface area contributed by atoms with Gasteiger partial charge < -0.3 is 5.32 Å². The predicted molar refractivity (Wildman–Crippen MR) is 91.8 cm³/mol. The van der Waals surface area contributed by atoms with Gasteiger partial charge in [0, 0.05) is 24.7 Å². The van der Waals surface area contributed by atoms with E-state index in [1.54, 1.807) is 0 Å². The molecule has 3 nitrogen and oxygen atoms in total. The summed E-state index contributed by atoms with van der Waals surface area (Å²) in [6.07, 6.45) is 12.5. The molecule has 0 aliphatic heterocycles. The monoisotopic (exact) mass is 293 g/mol. The van der Waals surface area contributed by atoms with Gasteiger partial charge in [-0.25, -0.2) is 0 Å². The molecule has 3 heteroatoms. The smallest absolute Gasteiger partial charge is 0.0640 e. The molecule has 1 atom stereocenters. The molecule has 1 aromatic rings. The molecular weight excluding hydrogens is 258 g/mol. The van der Waals surface area contributed by atoms with Crippen LogP contribution in [0.25, 0.3) is 0 Å². The zero-order valence-corrected chi connectivity index (χ0v) is 14.6. The first-order valence-corrected chi connectivity index (χ1v) is 8.94. The van der Waals surface area contributed by atoms with Crippen LogP contribution >= 0.6 is 0 Å². The van der Waals surface area contributed by atoms with Crippen molar-refractivity contribution in [1.82, 2.24) is 15.1 Å². The third-order valence-corrected chi connectivity index (χ3v) is 3.99. The fourth-order valence-electron chi connectivity index (χ4n) is 2.65. The lowest BCUT2D eigenvalue weighted by molar-refractivity contribution is 0.443. The maximum atomic E-state index is 4.69. The van der Waals surface area contributed by atoms with E-state index in [0.717, 1.165) is 13.0 Å². The fraction of sp³-hybridized carbons (Fsp3) is 0.833. The van der Waals surface area contributed by atoms with Crippen molar-refractivity contribution in [2.24, 2.45) is 0 Å². The van der Waals surface area contributed by atoms with Gasteiger partial charge in [-0.2, -0.15) is 5.10 Å². The van der Waals surface area contributed by atoms with Gasteiger partial charge in [-0.3, -0.25) is 4.68 Å². The molecule has 21 heavy (non-hydrogen) atoms. The average molecular weight is 293 g/mol. The number of aromatic nitrogens is 2. The van der Waals surface area contributed by atoms with Crippen molar-refractivity contribution in [2.75, 3.05) is 6.54 Å². The first-order valence-electron chi connectivity index (χ1n) is 8.94. The van der Waals surface area contributed by atoms with Crippen LogP contribution in [0.5, 0.6) is 0 Å². The second-order valence-corrected chi connectivity index (χ2v) is 6.44. The molecule has 1 rings (SSSR count). The molecule has 0 aromatic carbocycles. The van der Waals surface area contributed by atoms with E-state index in [0.29, 0.717) is 12.1 Å². The highest BCUT2D eigenvalue weighted by Gasteiger charge is 2.11. The highest BCUT2D eigenvalue weighted by molar-refractivity contribution is 5.02. The van der Waals surface area contributed by atoms with E-state index in [-0.39, 0.29) is 0 Å². The van der Waals surface area contributed by atoms with Crippen LogP contribution in [0.15, 0.2) is 12.3 Å². The summed E-state index contributed by atoms with van der Waals surface area (Å²) in [5.74, 6) is 0. The minimum Gasteiger partial charge on any atom is -0.314 e. The van der Waals surface area contributed by atoms with Crippen LogP contribution in [-0.2, 0) is 6.42 Å². The molecule has 1 N–H and O–H groups in total. The summed E-state index contributed by atoms with van der Waals surface area (Å²) in [5, 5.41) is 8.39. The highest BCUT2D eigenvalue weighted by Crippen LogP contribution is 2.12. The Morgan fingerprint density at radius 1 is 1.10 bits per heavy atom. The Bertz CT molecular complexity index is 357. The maximum absolute atomic E-state index is 4.69. The normalized spacial score (nSPS) is 13.0. The highest BCUT2D eigenvalue weighted by atomic mass is 15.3. The van der Waals surface area contributed by atoms with Crippen LogP contribution in [0.4, 0.5) is 0 Å². The topological polar surface area (TPSA) is 29.9 Å². The first-order chi connectivity index (χ1) is 10.2. The SMILES string of the molecule is CCCCCCCC(Cc1ccn(C(C)C)n1)NCCC. The van der Waals surface area contributed by atoms with Gasteiger partial charge in [-0.05, 0) is 39.3 Å². The molecule has 0 amide bonds. The van der Waals surface area contributed by atoms with Crippen molar-refractivity contribution in [1.29, 1.82) is 0 Å². The van der Waals surface area contributed by atoms with Crippen LogP contribution < -0.4 is 5.32 Å². The molecule has 0 radical (unpaired) electrons. The minimum atomic E-state index is 0.454. The van der Waals surface area contributed by atoms with E-state index < -0.39 is 0 Å². The van der Waals surface area contributed by atoms with Crippen molar-refractivity contribution >= 4 is 0 Å². The van der Waals surface area contributed by atoms with Gasteiger partial charge >= 0.3 is 0 Å². The van der Waals surface area contributed by atoms with Gasteiger partial charge in [0.15, 0.2) is 0 Å². The Labute approximate surface area is 131 Å². The molecule has 0 spiro atoms. The molecule has 0 saturated heterocycles. The molecule has 0 bridgehead atoms. The minimum absolute atomic E-state index is 0.454. The lowest BCUT2D eigenvalue weighted by Crippen LogP contribution is -2.32. The summed E-state index contributed by atoms with van der Waals surface area (Å²) in [6.45, 7) is 9.98. The molecule has 1 heterocycles. The van der Waals surface area contributed by atoms with Crippen molar-refractivity contribution < 1.29 is 0 Å². The van der Waals surface area contributed by atoms with Gasteiger partial charge in [0.05, 0.1) is 5.69 Å². The standard InChI is InChI=1S/C18H35N3/c1-5-7-8-9-10-11-17(19-13-6-2)15-18-12-14-21(20-18)16(3)4/h12,14,16-17,19H,5-11,13,15H2,1-4H3. The number of hydrogen-bond donors (Lipinski definition) is 1. The van der Waals surface area contributed by atoms with E-state index in [9.17, 15) is 0 Å². The van der Waals surface area contributed by atoms with Crippen LogP contribution in [0.2, 0.25) is 0 Å². The van der Waals surface area contributed by atoms with Gasteiger partial charge in [0.1, 0.15) is 0 Å². The van der Waals surface area contributed by atoms with E-state index >= 15 is 0 Å². The molecule has 0 aliphatic rings. The summed E-state index contributed by atoms with van der Waals surface area (Å²) in [4.78, 5) is 0. The van der Waals surface area contributed by atoms with Crippen molar-refractivity contribution in [3.8, 4) is 0 Å². The molecule has 0 aliphatic carbocycles. The molecular formula is C18H35N3. The number of unbranched alkanes of at least 4 members (excludes halogenated alkanes) is 4. The average Bonchev–Trinajstić information content (AvgIpc) is 2.93. The van der Waals surface area contributed by atoms with Crippen molar-refractivity contribution in [3.63, 3.8) is 0 Å². The fourth-order valence-corrected chi connectivity index (χ4v) is 2.65. The molecule has 1 unspecified atom stereocenters. The van der Waals surface area contributed by atoms with E-state index in [1.807, 2.05) is 0 Å². The van der Waals surface area contributed by atoms with Crippen LogP contribution in [0.3, 0.4) is 0 Å². The maximum Gasteiger partial charge on any atom is 0.0640 e. The van der Waals surface area contributed by atoms with E-state index in [4.69, 9.17) is 5.10 Å². The summed E-state index contributed by atoms with van der Waals surface area (Å²) in [5.41, 5.74) is 1.23. The van der Waals surface area contributed by atoms with Gasteiger partial charge in [-0.15, -0.1) is 0 Å². The third-order valence-electron chi connectivity index (χ3n) is 3.99. The number of nitrogens with zero attached hydrogens (tertiary/aromatic N) is 2. The van der Waals surface area contributed by atoms with Gasteiger partial charge in [0.2, 0.25) is 0 Å². The molecule has 122 valence electrons. The largest absolute Gasteiger partial charge is 0.314 e. The van der Waals surface area contributed by atoms with Gasteiger partial charge in [0.25, 0.3) is 0 Å². The summed E-state index contributed by atoms with van der Waals surface area (Å²) >= 11 is 0. The van der Waals surface area contributed by atoms with Crippen molar-refractivity contribution in [3.05, 3.63) is 18.0 Å².